The summed E-state index contributed by atoms with van der Waals surface area (Å²) in [7, 11) is -0.0733. The SMILES string of the molecule is CCCCCCCCCCCCCc1ccc([S+](c2ccccc2)c2ccc(C(C)(C)C)cc2)cc1. The highest BCUT2D eigenvalue weighted by Crippen LogP contribution is 2.33. The molecule has 1 heteroatoms. The van der Waals surface area contributed by atoms with Crippen molar-refractivity contribution in [2.75, 3.05) is 0 Å². The third-order valence-corrected chi connectivity index (χ3v) is 9.39. The first kappa shape index (κ1) is 28.6. The van der Waals surface area contributed by atoms with Crippen LogP contribution in [0.5, 0.6) is 0 Å². The van der Waals surface area contributed by atoms with Crippen molar-refractivity contribution in [2.45, 2.75) is 125 Å². The van der Waals surface area contributed by atoms with Gasteiger partial charge in [-0.25, -0.2) is 0 Å². The standard InChI is InChI=1S/C35H49S/c1-5-6-7-8-9-10-11-12-13-14-16-19-30-22-26-33(27-23-30)36(32-20-17-15-18-21-32)34-28-24-31(25-29-34)35(2,3)4/h15,17-18,20-29H,5-14,16,19H2,1-4H3/q+1. The maximum Gasteiger partial charge on any atom is 0.166 e. The van der Waals surface area contributed by atoms with Gasteiger partial charge in [0.25, 0.3) is 0 Å². The number of rotatable bonds is 15. The molecule has 0 aliphatic rings. The van der Waals surface area contributed by atoms with Crippen molar-refractivity contribution in [1.82, 2.24) is 0 Å². The molecular weight excluding hydrogens is 452 g/mol. The highest BCUT2D eigenvalue weighted by Gasteiger charge is 2.29. The maximum absolute atomic E-state index is 2.38. The molecule has 194 valence electrons. The van der Waals surface area contributed by atoms with E-state index in [4.69, 9.17) is 0 Å². The highest BCUT2D eigenvalue weighted by molar-refractivity contribution is 7.97. The van der Waals surface area contributed by atoms with Crippen LogP contribution in [0.15, 0.2) is 93.5 Å². The molecule has 3 aromatic carbocycles. The molecule has 0 heterocycles. The Hall–Kier alpha value is -1.99. The van der Waals surface area contributed by atoms with Gasteiger partial charge in [-0.15, -0.1) is 0 Å². The molecular formula is C35H49S+. The fraction of sp³-hybridized carbons (Fsp3) is 0.486. The molecule has 0 aliphatic carbocycles. The summed E-state index contributed by atoms with van der Waals surface area (Å²) in [5.74, 6) is 0. The van der Waals surface area contributed by atoms with Crippen molar-refractivity contribution in [2.24, 2.45) is 0 Å². The third kappa shape index (κ3) is 9.47. The highest BCUT2D eigenvalue weighted by atomic mass is 32.2. The Labute approximate surface area is 225 Å². The summed E-state index contributed by atoms with van der Waals surface area (Å²) in [6, 6.07) is 29.8. The Bertz CT molecular complexity index is 964. The van der Waals surface area contributed by atoms with Crippen LogP contribution in [-0.4, -0.2) is 0 Å². The van der Waals surface area contributed by atoms with Crippen LogP contribution in [0.25, 0.3) is 0 Å². The lowest BCUT2D eigenvalue weighted by Crippen LogP contribution is -2.11. The summed E-state index contributed by atoms with van der Waals surface area (Å²) in [6.45, 7) is 9.15. The molecule has 0 saturated carbocycles. The van der Waals surface area contributed by atoms with Gasteiger partial charge >= 0.3 is 0 Å². The van der Waals surface area contributed by atoms with Crippen molar-refractivity contribution < 1.29 is 0 Å². The lowest BCUT2D eigenvalue weighted by atomic mass is 9.87. The summed E-state index contributed by atoms with van der Waals surface area (Å²) >= 11 is 0. The van der Waals surface area contributed by atoms with E-state index in [-0.39, 0.29) is 16.3 Å². The van der Waals surface area contributed by atoms with Crippen LogP contribution in [0.2, 0.25) is 0 Å². The van der Waals surface area contributed by atoms with Crippen LogP contribution in [0.1, 0.15) is 109 Å². The Morgan fingerprint density at radius 2 is 0.944 bits per heavy atom. The lowest BCUT2D eigenvalue weighted by Gasteiger charge is -2.19. The van der Waals surface area contributed by atoms with Crippen LogP contribution < -0.4 is 0 Å². The first-order chi connectivity index (χ1) is 17.5. The molecule has 0 radical (unpaired) electrons. The summed E-state index contributed by atoms with van der Waals surface area (Å²) in [5, 5.41) is 0. The van der Waals surface area contributed by atoms with Crippen molar-refractivity contribution >= 4 is 10.9 Å². The molecule has 1 unspecified atom stereocenters. The molecule has 36 heavy (non-hydrogen) atoms. The Morgan fingerprint density at radius 3 is 1.44 bits per heavy atom. The molecule has 3 rings (SSSR count). The second kappa shape index (κ2) is 15.3. The molecule has 0 N–H and O–H groups in total. The average molecular weight is 502 g/mol. The minimum absolute atomic E-state index is 0.0733. The van der Waals surface area contributed by atoms with E-state index in [0.717, 1.165) is 0 Å². The molecule has 0 saturated heterocycles. The van der Waals surface area contributed by atoms with E-state index < -0.39 is 0 Å². The predicted molar refractivity (Wildman–Crippen MR) is 160 cm³/mol. The first-order valence-corrected chi connectivity index (χ1v) is 15.7. The second-order valence-corrected chi connectivity index (χ2v) is 13.3. The Kier molecular flexibility index (Phi) is 12.2. The van der Waals surface area contributed by atoms with Crippen LogP contribution in [0, 0.1) is 0 Å². The summed E-state index contributed by atoms with van der Waals surface area (Å²) < 4.78 is 0. The first-order valence-electron chi connectivity index (χ1n) is 14.5. The van der Waals surface area contributed by atoms with E-state index in [0.29, 0.717) is 0 Å². The molecule has 0 fully saturated rings. The van der Waals surface area contributed by atoms with Gasteiger partial charge in [0.1, 0.15) is 0 Å². The molecule has 1 atom stereocenters. The molecule has 0 spiro atoms. The Balaban J connectivity index is 1.52. The predicted octanol–water partition coefficient (Wildman–Crippen LogP) is 10.9. The summed E-state index contributed by atoms with van der Waals surface area (Å²) in [5.41, 5.74) is 3.05. The molecule has 0 aliphatic heterocycles. The largest absolute Gasteiger partial charge is 0.166 e. The number of hydrogen-bond donors (Lipinski definition) is 0. The minimum Gasteiger partial charge on any atom is -0.0654 e. The van der Waals surface area contributed by atoms with Gasteiger partial charge in [0.05, 0.1) is 10.9 Å². The van der Waals surface area contributed by atoms with Crippen LogP contribution in [-0.2, 0) is 22.7 Å². The van der Waals surface area contributed by atoms with Gasteiger partial charge in [0.15, 0.2) is 14.7 Å². The molecule has 0 bridgehead atoms. The number of unbranched alkanes of at least 4 members (excludes halogenated alkanes) is 10. The van der Waals surface area contributed by atoms with Gasteiger partial charge in [-0.3, -0.25) is 0 Å². The third-order valence-electron chi connectivity index (χ3n) is 7.16. The van der Waals surface area contributed by atoms with Crippen molar-refractivity contribution in [1.29, 1.82) is 0 Å². The van der Waals surface area contributed by atoms with Crippen LogP contribution in [0.3, 0.4) is 0 Å². The van der Waals surface area contributed by atoms with E-state index in [9.17, 15) is 0 Å². The van der Waals surface area contributed by atoms with Gasteiger partial charge in [0.2, 0.25) is 0 Å². The summed E-state index contributed by atoms with van der Waals surface area (Å²) in [6.07, 6.45) is 16.7. The number of hydrogen-bond acceptors (Lipinski definition) is 0. The van der Waals surface area contributed by atoms with Crippen LogP contribution >= 0.6 is 0 Å². The van der Waals surface area contributed by atoms with Crippen molar-refractivity contribution in [3.63, 3.8) is 0 Å². The van der Waals surface area contributed by atoms with E-state index in [2.05, 4.69) is 107 Å². The van der Waals surface area contributed by atoms with Crippen LogP contribution in [0.4, 0.5) is 0 Å². The fourth-order valence-electron chi connectivity index (χ4n) is 4.84. The second-order valence-electron chi connectivity index (χ2n) is 11.3. The van der Waals surface area contributed by atoms with E-state index in [1.807, 2.05) is 0 Å². The monoisotopic (exact) mass is 501 g/mol. The maximum atomic E-state index is 2.38. The molecule has 0 aromatic heterocycles. The number of aryl methyl sites for hydroxylation is 1. The van der Waals surface area contributed by atoms with Gasteiger partial charge in [-0.2, -0.15) is 0 Å². The zero-order chi connectivity index (χ0) is 25.6. The van der Waals surface area contributed by atoms with E-state index in [1.165, 1.54) is 103 Å². The van der Waals surface area contributed by atoms with Crippen molar-refractivity contribution in [3.8, 4) is 0 Å². The van der Waals surface area contributed by atoms with Crippen molar-refractivity contribution in [3.05, 3.63) is 90.0 Å². The quantitative estimate of drug-likeness (QED) is 0.143. The zero-order valence-corrected chi connectivity index (χ0v) is 24.2. The Morgan fingerprint density at radius 1 is 0.500 bits per heavy atom. The average Bonchev–Trinajstić information content (AvgIpc) is 2.89. The van der Waals surface area contributed by atoms with Gasteiger partial charge in [0, 0.05) is 0 Å². The molecule has 0 amide bonds. The van der Waals surface area contributed by atoms with Gasteiger partial charge in [-0.1, -0.05) is 134 Å². The molecule has 0 nitrogen and oxygen atoms in total. The van der Waals surface area contributed by atoms with E-state index >= 15 is 0 Å². The minimum atomic E-state index is -0.0733. The fourth-order valence-corrected chi connectivity index (χ4v) is 6.90. The normalized spacial score (nSPS) is 12.6. The summed E-state index contributed by atoms with van der Waals surface area (Å²) in [4.78, 5) is 4.19. The smallest absolute Gasteiger partial charge is 0.0654 e. The zero-order valence-electron chi connectivity index (χ0n) is 23.4. The van der Waals surface area contributed by atoms with Gasteiger partial charge < -0.3 is 0 Å². The van der Waals surface area contributed by atoms with Gasteiger partial charge in [-0.05, 0) is 65.8 Å². The van der Waals surface area contributed by atoms with E-state index in [1.54, 1.807) is 0 Å². The topological polar surface area (TPSA) is 0 Å². The lowest BCUT2D eigenvalue weighted by molar-refractivity contribution is 0.549. The number of benzene rings is 3. The molecule has 3 aromatic rings.